The van der Waals surface area contributed by atoms with Crippen LogP contribution >= 0.6 is 11.8 Å². The molecule has 0 aromatic heterocycles. The van der Waals surface area contributed by atoms with E-state index in [1.54, 1.807) is 17.8 Å². The van der Waals surface area contributed by atoms with Crippen molar-refractivity contribution in [3.05, 3.63) is 24.0 Å². The van der Waals surface area contributed by atoms with Gasteiger partial charge in [0.05, 0.1) is 11.4 Å². The third-order valence-corrected chi connectivity index (χ3v) is 3.51. The molecule has 0 amide bonds. The molecule has 0 bridgehead atoms. The van der Waals surface area contributed by atoms with Gasteiger partial charge in [-0.25, -0.2) is 4.39 Å². The third-order valence-electron chi connectivity index (χ3n) is 2.79. The van der Waals surface area contributed by atoms with E-state index >= 15 is 0 Å². The lowest BCUT2D eigenvalue weighted by Gasteiger charge is -2.29. The molecule has 4 heteroatoms. The second-order valence-electron chi connectivity index (χ2n) is 3.80. The highest BCUT2D eigenvalue weighted by molar-refractivity contribution is 7.98. The van der Waals surface area contributed by atoms with Gasteiger partial charge in [0.15, 0.2) is 0 Å². The number of thioether (sulfide) groups is 1. The fourth-order valence-corrected chi connectivity index (χ4v) is 2.57. The van der Waals surface area contributed by atoms with Gasteiger partial charge in [0, 0.05) is 18.8 Å². The highest BCUT2D eigenvalue weighted by atomic mass is 32.2. The SMILES string of the molecule is CCC(CSC)N(C)c1cccc(F)c1N. The lowest BCUT2D eigenvalue weighted by Crippen LogP contribution is -2.33. The molecule has 0 aliphatic carbocycles. The molecular weight excluding hydrogens is 223 g/mol. The van der Waals surface area contributed by atoms with Crippen LogP contribution in [0.3, 0.4) is 0 Å². The summed E-state index contributed by atoms with van der Waals surface area (Å²) in [5.74, 6) is 0.673. The van der Waals surface area contributed by atoms with Gasteiger partial charge in [-0.2, -0.15) is 11.8 Å². The zero-order chi connectivity index (χ0) is 12.1. The molecule has 1 unspecified atom stereocenters. The van der Waals surface area contributed by atoms with E-state index in [-0.39, 0.29) is 11.5 Å². The molecule has 0 fully saturated rings. The molecule has 0 aliphatic rings. The summed E-state index contributed by atoms with van der Waals surface area (Å²) < 4.78 is 13.3. The Kier molecular flexibility index (Phi) is 4.93. The number of para-hydroxylation sites is 1. The zero-order valence-electron chi connectivity index (χ0n) is 10.0. The molecule has 0 saturated carbocycles. The molecule has 16 heavy (non-hydrogen) atoms. The first kappa shape index (κ1) is 13.2. The van der Waals surface area contributed by atoms with Crippen LogP contribution in [-0.2, 0) is 0 Å². The summed E-state index contributed by atoms with van der Waals surface area (Å²) in [5, 5.41) is 0. The van der Waals surface area contributed by atoms with E-state index in [0.29, 0.717) is 6.04 Å². The van der Waals surface area contributed by atoms with Crippen molar-refractivity contribution in [2.75, 3.05) is 29.7 Å². The number of nitrogens with two attached hydrogens (primary N) is 1. The van der Waals surface area contributed by atoms with E-state index in [0.717, 1.165) is 17.9 Å². The van der Waals surface area contributed by atoms with Crippen molar-refractivity contribution in [2.45, 2.75) is 19.4 Å². The van der Waals surface area contributed by atoms with Crippen LogP contribution in [0.2, 0.25) is 0 Å². The molecule has 0 heterocycles. The van der Waals surface area contributed by atoms with Gasteiger partial charge in [-0.3, -0.25) is 0 Å². The number of halogens is 1. The van der Waals surface area contributed by atoms with Crippen LogP contribution in [0.5, 0.6) is 0 Å². The Morgan fingerprint density at radius 3 is 2.75 bits per heavy atom. The molecule has 1 atom stereocenters. The van der Waals surface area contributed by atoms with Gasteiger partial charge in [-0.05, 0) is 24.8 Å². The average Bonchev–Trinajstić information content (AvgIpc) is 2.29. The molecule has 0 spiro atoms. The molecule has 1 aromatic carbocycles. The Bertz CT molecular complexity index is 344. The monoisotopic (exact) mass is 242 g/mol. The predicted octanol–water partition coefficient (Wildman–Crippen LogP) is 2.99. The Labute approximate surface area is 101 Å². The number of nitrogens with zero attached hydrogens (tertiary/aromatic N) is 1. The second kappa shape index (κ2) is 5.99. The van der Waals surface area contributed by atoms with E-state index in [4.69, 9.17) is 5.73 Å². The normalized spacial score (nSPS) is 12.5. The van der Waals surface area contributed by atoms with E-state index in [9.17, 15) is 4.39 Å². The molecule has 2 nitrogen and oxygen atoms in total. The van der Waals surface area contributed by atoms with Crippen LogP contribution in [0.1, 0.15) is 13.3 Å². The fourth-order valence-electron chi connectivity index (χ4n) is 1.73. The fraction of sp³-hybridized carbons (Fsp3) is 0.500. The molecule has 1 aromatic rings. The molecule has 2 N–H and O–H groups in total. The summed E-state index contributed by atoms with van der Waals surface area (Å²) in [6.45, 7) is 2.13. The van der Waals surface area contributed by atoms with Crippen LogP contribution in [-0.4, -0.2) is 25.1 Å². The highest BCUT2D eigenvalue weighted by Gasteiger charge is 2.16. The van der Waals surface area contributed by atoms with Gasteiger partial charge in [0.2, 0.25) is 0 Å². The van der Waals surface area contributed by atoms with Gasteiger partial charge >= 0.3 is 0 Å². The maximum Gasteiger partial charge on any atom is 0.148 e. The summed E-state index contributed by atoms with van der Waals surface area (Å²) in [7, 11) is 1.97. The van der Waals surface area contributed by atoms with Crippen LogP contribution in [0.4, 0.5) is 15.8 Å². The summed E-state index contributed by atoms with van der Waals surface area (Å²) in [6, 6.07) is 5.34. The first-order valence-electron chi connectivity index (χ1n) is 5.37. The smallest absolute Gasteiger partial charge is 0.148 e. The quantitative estimate of drug-likeness (QED) is 0.805. The predicted molar refractivity (Wildman–Crippen MR) is 71.7 cm³/mol. The maximum atomic E-state index is 13.3. The van der Waals surface area contributed by atoms with E-state index in [1.807, 2.05) is 13.1 Å². The minimum atomic E-state index is -0.344. The third kappa shape index (κ3) is 2.82. The van der Waals surface area contributed by atoms with Gasteiger partial charge in [0.1, 0.15) is 5.82 Å². The Morgan fingerprint density at radius 2 is 2.19 bits per heavy atom. The van der Waals surface area contributed by atoms with Crippen LogP contribution in [0.15, 0.2) is 18.2 Å². The summed E-state index contributed by atoms with van der Waals surface area (Å²) >= 11 is 1.79. The van der Waals surface area contributed by atoms with Crippen molar-refractivity contribution in [3.8, 4) is 0 Å². The van der Waals surface area contributed by atoms with Crippen molar-refractivity contribution in [1.29, 1.82) is 0 Å². The van der Waals surface area contributed by atoms with Gasteiger partial charge < -0.3 is 10.6 Å². The number of nitrogen functional groups attached to an aromatic ring is 1. The Balaban J connectivity index is 2.94. The standard InChI is InChI=1S/C12H19FN2S/c1-4-9(8-16-3)15(2)11-7-5-6-10(13)12(11)14/h5-7,9H,4,8,14H2,1-3H3. The van der Waals surface area contributed by atoms with Crippen molar-refractivity contribution in [1.82, 2.24) is 0 Å². The Hall–Kier alpha value is -0.900. The average molecular weight is 242 g/mol. The first-order valence-corrected chi connectivity index (χ1v) is 6.77. The van der Waals surface area contributed by atoms with E-state index in [2.05, 4.69) is 18.1 Å². The van der Waals surface area contributed by atoms with Crippen molar-refractivity contribution < 1.29 is 4.39 Å². The first-order chi connectivity index (χ1) is 7.61. The van der Waals surface area contributed by atoms with Gasteiger partial charge in [0.25, 0.3) is 0 Å². The second-order valence-corrected chi connectivity index (χ2v) is 4.71. The summed E-state index contributed by atoms with van der Waals surface area (Å²) in [4.78, 5) is 2.06. The van der Waals surface area contributed by atoms with Gasteiger partial charge in [-0.15, -0.1) is 0 Å². The van der Waals surface area contributed by atoms with Crippen molar-refractivity contribution in [3.63, 3.8) is 0 Å². The highest BCUT2D eigenvalue weighted by Crippen LogP contribution is 2.27. The van der Waals surface area contributed by atoms with E-state index < -0.39 is 0 Å². The van der Waals surface area contributed by atoms with Crippen LogP contribution in [0.25, 0.3) is 0 Å². The molecule has 0 saturated heterocycles. The van der Waals surface area contributed by atoms with Crippen molar-refractivity contribution in [2.24, 2.45) is 0 Å². The van der Waals surface area contributed by atoms with Crippen LogP contribution in [0, 0.1) is 5.82 Å². The zero-order valence-corrected chi connectivity index (χ0v) is 10.9. The molecule has 0 radical (unpaired) electrons. The van der Waals surface area contributed by atoms with E-state index in [1.165, 1.54) is 6.07 Å². The molecule has 1 rings (SSSR count). The number of benzene rings is 1. The number of anilines is 2. The lowest BCUT2D eigenvalue weighted by atomic mass is 10.1. The van der Waals surface area contributed by atoms with Gasteiger partial charge in [-0.1, -0.05) is 13.0 Å². The maximum absolute atomic E-state index is 13.3. The minimum absolute atomic E-state index is 0.240. The summed E-state index contributed by atoms with van der Waals surface area (Å²) in [5.41, 5.74) is 6.77. The Morgan fingerprint density at radius 1 is 1.50 bits per heavy atom. The van der Waals surface area contributed by atoms with Crippen molar-refractivity contribution >= 4 is 23.1 Å². The summed E-state index contributed by atoms with van der Waals surface area (Å²) in [6.07, 6.45) is 3.10. The topological polar surface area (TPSA) is 29.3 Å². The number of hydrogen-bond donors (Lipinski definition) is 1. The van der Waals surface area contributed by atoms with Crippen LogP contribution < -0.4 is 10.6 Å². The lowest BCUT2D eigenvalue weighted by molar-refractivity contribution is 0.628. The minimum Gasteiger partial charge on any atom is -0.395 e. The molecular formula is C12H19FN2S. The molecule has 90 valence electrons. The number of rotatable bonds is 5. The largest absolute Gasteiger partial charge is 0.395 e. The number of hydrogen-bond acceptors (Lipinski definition) is 3. The molecule has 0 aliphatic heterocycles.